The van der Waals surface area contributed by atoms with E-state index in [1.54, 1.807) is 0 Å². The number of nitrogens with zero attached hydrogens (tertiary/aromatic N) is 1. The van der Waals surface area contributed by atoms with Crippen LogP contribution in [0.15, 0.2) is 23.9 Å². The van der Waals surface area contributed by atoms with Gasteiger partial charge >= 0.3 is 0 Å². The quantitative estimate of drug-likeness (QED) is 0.509. The maximum absolute atomic E-state index is 4.19. The minimum absolute atomic E-state index is 0.697. The highest BCUT2D eigenvalue weighted by Crippen LogP contribution is 2.31. The third-order valence-corrected chi connectivity index (χ3v) is 3.22. The maximum atomic E-state index is 4.19. The molecular formula is C11H17BN. The van der Waals surface area contributed by atoms with Crippen LogP contribution in [0.2, 0.25) is 6.32 Å². The van der Waals surface area contributed by atoms with Crippen molar-refractivity contribution in [2.45, 2.75) is 38.4 Å². The van der Waals surface area contributed by atoms with Gasteiger partial charge in [0.25, 0.3) is 0 Å². The summed E-state index contributed by atoms with van der Waals surface area (Å²) in [6.45, 7) is 7.52. The number of fused-ring (bicyclic) bond motifs is 1. The summed E-state index contributed by atoms with van der Waals surface area (Å²) in [4.78, 5) is 2.44. The fourth-order valence-electron chi connectivity index (χ4n) is 2.23. The smallest absolute Gasteiger partial charge is 0.140 e. The molecule has 1 unspecified atom stereocenters. The van der Waals surface area contributed by atoms with Crippen LogP contribution >= 0.6 is 0 Å². The van der Waals surface area contributed by atoms with Crippen LogP contribution in [-0.4, -0.2) is 24.7 Å². The van der Waals surface area contributed by atoms with E-state index in [2.05, 4.69) is 31.8 Å². The van der Waals surface area contributed by atoms with Gasteiger partial charge in [0, 0.05) is 12.2 Å². The van der Waals surface area contributed by atoms with Gasteiger partial charge in [0.05, 0.1) is 0 Å². The van der Waals surface area contributed by atoms with Crippen LogP contribution in [0.1, 0.15) is 26.2 Å². The van der Waals surface area contributed by atoms with Gasteiger partial charge in [0.1, 0.15) is 7.28 Å². The summed E-state index contributed by atoms with van der Waals surface area (Å²) >= 11 is 0. The maximum Gasteiger partial charge on any atom is 0.140 e. The van der Waals surface area contributed by atoms with Crippen molar-refractivity contribution < 1.29 is 0 Å². The molecule has 2 heteroatoms. The molecule has 0 bridgehead atoms. The van der Waals surface area contributed by atoms with Crippen LogP contribution < -0.4 is 0 Å². The summed E-state index contributed by atoms with van der Waals surface area (Å²) in [7, 11) is 2.46. The molecule has 1 radical (unpaired) electrons. The molecule has 2 saturated heterocycles. The van der Waals surface area contributed by atoms with Crippen molar-refractivity contribution in [3.8, 4) is 0 Å². The van der Waals surface area contributed by atoms with Crippen LogP contribution in [-0.2, 0) is 0 Å². The van der Waals surface area contributed by atoms with Crippen molar-refractivity contribution in [3.05, 3.63) is 23.9 Å². The van der Waals surface area contributed by atoms with Gasteiger partial charge in [-0.1, -0.05) is 25.4 Å². The number of allylic oxidation sites excluding steroid dienone is 2. The zero-order valence-electron chi connectivity index (χ0n) is 8.42. The first-order valence-electron chi connectivity index (χ1n) is 5.27. The van der Waals surface area contributed by atoms with E-state index in [4.69, 9.17) is 0 Å². The van der Waals surface area contributed by atoms with E-state index in [9.17, 15) is 0 Å². The fourth-order valence-corrected chi connectivity index (χ4v) is 2.23. The molecule has 69 valence electrons. The zero-order valence-corrected chi connectivity index (χ0v) is 8.42. The molecule has 0 spiro atoms. The summed E-state index contributed by atoms with van der Waals surface area (Å²) < 4.78 is 0. The van der Waals surface area contributed by atoms with Gasteiger partial charge in [-0.25, -0.2) is 0 Å². The molecule has 1 atom stereocenters. The highest BCUT2D eigenvalue weighted by atomic mass is 15.2. The first-order valence-corrected chi connectivity index (χ1v) is 5.27. The lowest BCUT2D eigenvalue weighted by atomic mass is 9.59. The predicted octanol–water partition coefficient (Wildman–Crippen LogP) is 2.39. The average Bonchev–Trinajstić information content (AvgIpc) is 2.07. The second kappa shape index (κ2) is 3.61. The van der Waals surface area contributed by atoms with Gasteiger partial charge in [0.2, 0.25) is 0 Å². The Bertz CT molecular complexity index is 244. The van der Waals surface area contributed by atoms with Gasteiger partial charge in [-0.3, -0.25) is 0 Å². The average molecular weight is 174 g/mol. The molecule has 0 aromatic heterocycles. The molecule has 0 aliphatic carbocycles. The molecule has 13 heavy (non-hydrogen) atoms. The molecule has 1 nitrogen and oxygen atoms in total. The first kappa shape index (κ1) is 8.92. The SMILES string of the molecule is C=C1/C(=C\C)CCC[B]C2CCN12. The van der Waals surface area contributed by atoms with E-state index >= 15 is 0 Å². The van der Waals surface area contributed by atoms with E-state index in [0.717, 1.165) is 0 Å². The molecular weight excluding hydrogens is 157 g/mol. The first-order chi connectivity index (χ1) is 6.33. The molecule has 0 aromatic rings. The lowest BCUT2D eigenvalue weighted by Crippen LogP contribution is -2.50. The normalized spacial score (nSPS) is 31.5. The minimum atomic E-state index is 0.697. The van der Waals surface area contributed by atoms with Crippen LogP contribution in [0.25, 0.3) is 0 Å². The van der Waals surface area contributed by atoms with Gasteiger partial charge in [-0.2, -0.15) is 0 Å². The summed E-state index contributed by atoms with van der Waals surface area (Å²) in [6, 6.07) is 0. The Labute approximate surface area is 81.7 Å². The number of rotatable bonds is 0. The van der Waals surface area contributed by atoms with Gasteiger partial charge in [-0.05, 0) is 31.3 Å². The van der Waals surface area contributed by atoms with Gasteiger partial charge in [-0.15, -0.1) is 0 Å². The molecule has 2 fully saturated rings. The van der Waals surface area contributed by atoms with Gasteiger partial charge in [0.15, 0.2) is 0 Å². The monoisotopic (exact) mass is 174 g/mol. The Balaban J connectivity index is 2.12. The summed E-state index contributed by atoms with van der Waals surface area (Å²) in [5.74, 6) is 0.697. The topological polar surface area (TPSA) is 3.24 Å². The third-order valence-electron chi connectivity index (χ3n) is 3.22. The minimum Gasteiger partial charge on any atom is -0.377 e. The largest absolute Gasteiger partial charge is 0.377 e. The second-order valence-electron chi connectivity index (χ2n) is 3.94. The lowest BCUT2D eigenvalue weighted by Gasteiger charge is -2.46. The number of hydrogen-bond donors (Lipinski definition) is 0. The molecule has 2 heterocycles. The molecule has 2 aliphatic heterocycles. The van der Waals surface area contributed by atoms with Crippen LogP contribution in [0.3, 0.4) is 0 Å². The molecule has 0 aromatic carbocycles. The molecule has 0 amide bonds. The lowest BCUT2D eigenvalue weighted by molar-refractivity contribution is 0.201. The van der Waals surface area contributed by atoms with E-state index in [-0.39, 0.29) is 0 Å². The highest BCUT2D eigenvalue weighted by molar-refractivity contribution is 6.38. The Kier molecular flexibility index (Phi) is 2.48. The Morgan fingerprint density at radius 1 is 1.62 bits per heavy atom. The van der Waals surface area contributed by atoms with Crippen molar-refractivity contribution in [1.82, 2.24) is 4.90 Å². The van der Waals surface area contributed by atoms with E-state index in [1.807, 2.05) is 0 Å². The fraction of sp³-hybridized carbons (Fsp3) is 0.636. The third kappa shape index (κ3) is 1.54. The summed E-state index contributed by atoms with van der Waals surface area (Å²) in [5.41, 5.74) is 2.73. The Morgan fingerprint density at radius 2 is 2.46 bits per heavy atom. The molecule has 0 saturated carbocycles. The Hall–Kier alpha value is -0.655. The van der Waals surface area contributed by atoms with Crippen molar-refractivity contribution in [1.29, 1.82) is 0 Å². The molecule has 2 aliphatic rings. The van der Waals surface area contributed by atoms with Crippen molar-refractivity contribution in [2.24, 2.45) is 0 Å². The zero-order chi connectivity index (χ0) is 9.26. The molecule has 2 rings (SSSR count). The van der Waals surface area contributed by atoms with Crippen molar-refractivity contribution in [2.75, 3.05) is 6.54 Å². The Morgan fingerprint density at radius 3 is 3.08 bits per heavy atom. The molecule has 0 N–H and O–H groups in total. The van der Waals surface area contributed by atoms with E-state index in [1.165, 1.54) is 43.4 Å². The number of hydrogen-bond acceptors (Lipinski definition) is 1. The van der Waals surface area contributed by atoms with Crippen molar-refractivity contribution in [3.63, 3.8) is 0 Å². The van der Waals surface area contributed by atoms with E-state index in [0.29, 0.717) is 5.94 Å². The summed E-state index contributed by atoms with van der Waals surface area (Å²) in [5, 5.41) is 0. The standard InChI is InChI=1S/C11H17BN/c1-3-10-5-4-7-12-11-6-8-13(11)9(10)2/h3,11H,2,4-8H2,1H3/b10-3-. The summed E-state index contributed by atoms with van der Waals surface area (Å²) in [6.07, 6.45) is 7.32. The van der Waals surface area contributed by atoms with Crippen LogP contribution in [0, 0.1) is 0 Å². The highest BCUT2D eigenvalue weighted by Gasteiger charge is 2.30. The second-order valence-corrected chi connectivity index (χ2v) is 3.94. The van der Waals surface area contributed by atoms with Crippen LogP contribution in [0.5, 0.6) is 0 Å². The van der Waals surface area contributed by atoms with Crippen molar-refractivity contribution >= 4 is 7.28 Å². The van der Waals surface area contributed by atoms with Gasteiger partial charge < -0.3 is 4.90 Å². The van der Waals surface area contributed by atoms with E-state index < -0.39 is 0 Å². The van der Waals surface area contributed by atoms with Crippen LogP contribution in [0.4, 0.5) is 0 Å². The predicted molar refractivity (Wildman–Crippen MR) is 57.8 cm³/mol.